The fourth-order valence-corrected chi connectivity index (χ4v) is 5.31. The number of hydrogen-bond acceptors (Lipinski definition) is 0. The summed E-state index contributed by atoms with van der Waals surface area (Å²) in [7, 11) is 0. The van der Waals surface area contributed by atoms with Crippen LogP contribution in [0, 0.1) is 29.4 Å². The molecule has 0 aliphatic heterocycles. The predicted molar refractivity (Wildman–Crippen MR) is 101 cm³/mol. The van der Waals surface area contributed by atoms with Crippen LogP contribution >= 0.6 is 0 Å². The molecule has 1 aromatic rings. The van der Waals surface area contributed by atoms with Crippen LogP contribution in [0.15, 0.2) is 12.1 Å². The van der Waals surface area contributed by atoms with Gasteiger partial charge < -0.3 is 0 Å². The van der Waals surface area contributed by atoms with E-state index in [2.05, 4.69) is 6.92 Å². The second-order valence-corrected chi connectivity index (χ2v) is 8.30. The third kappa shape index (κ3) is 4.26. The zero-order valence-electron chi connectivity index (χ0n) is 18.5. The minimum atomic E-state index is -2.29. The summed E-state index contributed by atoms with van der Waals surface area (Å²) in [5.41, 5.74) is 0.399. The second-order valence-electron chi connectivity index (χ2n) is 8.30. The molecule has 25 heavy (non-hydrogen) atoms. The van der Waals surface area contributed by atoms with Gasteiger partial charge in [0.25, 0.3) is 0 Å². The maximum atomic E-state index is 14.6. The maximum Gasteiger partial charge on any atom is 0.162 e. The summed E-state index contributed by atoms with van der Waals surface area (Å²) in [4.78, 5) is 0. The van der Waals surface area contributed by atoms with Crippen LogP contribution < -0.4 is 0 Å². The molecule has 0 spiro atoms. The van der Waals surface area contributed by atoms with E-state index in [0.717, 1.165) is 43.4 Å². The van der Waals surface area contributed by atoms with Crippen molar-refractivity contribution < 1.29 is 12.9 Å². The Balaban J connectivity index is 1.57. The molecule has 2 aliphatic carbocycles. The predicted octanol–water partition coefficient (Wildman–Crippen LogP) is 7.41. The Morgan fingerprint density at radius 1 is 0.920 bits per heavy atom. The van der Waals surface area contributed by atoms with Gasteiger partial charge in [0.1, 0.15) is 0 Å². The Hall–Kier alpha value is -0.920. The molecular weight excluding hydrogens is 314 g/mol. The minimum absolute atomic E-state index is 0.0428. The number of halogens is 2. The smallest absolute Gasteiger partial charge is 0.162 e. The molecule has 0 N–H and O–H groups in total. The molecule has 2 aliphatic rings. The van der Waals surface area contributed by atoms with Crippen molar-refractivity contribution in [3.8, 4) is 0 Å². The lowest BCUT2D eigenvalue weighted by Crippen LogP contribution is -2.25. The molecule has 1 aromatic carbocycles. The molecule has 3 rings (SSSR count). The van der Waals surface area contributed by atoms with Gasteiger partial charge >= 0.3 is 0 Å². The molecule has 0 nitrogen and oxygen atoms in total. The largest absolute Gasteiger partial charge is 0.203 e. The standard InChI is InChI=1S/C23H34F2/c1-3-5-16-6-8-18(9-7-16)19-10-12-20(13-11-19)21-15-14-17(4-2)22(24)23(21)25/h14-16,18-20H,3-13H2,1-2H3/i2D3. The normalized spacial score (nSPS) is 32.7. The molecule has 0 amide bonds. The zero-order valence-corrected chi connectivity index (χ0v) is 15.5. The van der Waals surface area contributed by atoms with Crippen LogP contribution in [0.1, 0.15) is 99.1 Å². The van der Waals surface area contributed by atoms with E-state index < -0.39 is 24.9 Å². The van der Waals surface area contributed by atoms with Crippen molar-refractivity contribution in [2.45, 2.75) is 90.3 Å². The van der Waals surface area contributed by atoms with E-state index in [1.54, 1.807) is 6.07 Å². The zero-order chi connectivity index (χ0) is 20.3. The highest BCUT2D eigenvalue weighted by atomic mass is 19.2. The van der Waals surface area contributed by atoms with Crippen LogP contribution in [0.25, 0.3) is 0 Å². The highest BCUT2D eigenvalue weighted by Gasteiger charge is 2.32. The summed E-state index contributed by atoms with van der Waals surface area (Å²) in [5, 5.41) is 0. The molecule has 0 bridgehead atoms. The van der Waals surface area contributed by atoms with E-state index in [1.807, 2.05) is 0 Å². The lowest BCUT2D eigenvalue weighted by Gasteiger charge is -2.38. The molecule has 2 saturated carbocycles. The Labute approximate surface area is 156 Å². The molecule has 0 aromatic heterocycles. The van der Waals surface area contributed by atoms with Gasteiger partial charge in [0.15, 0.2) is 11.6 Å². The summed E-state index contributed by atoms with van der Waals surface area (Å²) in [6.45, 7) is -0.0199. The highest BCUT2D eigenvalue weighted by molar-refractivity contribution is 5.29. The van der Waals surface area contributed by atoms with E-state index in [9.17, 15) is 8.78 Å². The molecule has 0 heterocycles. The monoisotopic (exact) mass is 351 g/mol. The number of aryl methyl sites for hydroxylation is 1. The first-order valence-electron chi connectivity index (χ1n) is 11.7. The van der Waals surface area contributed by atoms with Crippen LogP contribution in [0.2, 0.25) is 0 Å². The van der Waals surface area contributed by atoms with Crippen LogP contribution in [-0.4, -0.2) is 0 Å². The van der Waals surface area contributed by atoms with E-state index >= 15 is 0 Å². The third-order valence-corrected chi connectivity index (χ3v) is 6.85. The average molecular weight is 352 g/mol. The molecule has 0 radical (unpaired) electrons. The Kier molecular flexibility index (Phi) is 5.24. The van der Waals surface area contributed by atoms with Gasteiger partial charge in [-0.2, -0.15) is 0 Å². The lowest BCUT2D eigenvalue weighted by molar-refractivity contribution is 0.156. The summed E-state index contributed by atoms with van der Waals surface area (Å²) in [6, 6.07) is 3.10. The van der Waals surface area contributed by atoms with Crippen molar-refractivity contribution in [3.63, 3.8) is 0 Å². The van der Waals surface area contributed by atoms with Gasteiger partial charge in [-0.15, -0.1) is 0 Å². The van der Waals surface area contributed by atoms with Crippen molar-refractivity contribution in [2.75, 3.05) is 0 Å². The van der Waals surface area contributed by atoms with Crippen LogP contribution in [0.4, 0.5) is 8.78 Å². The van der Waals surface area contributed by atoms with Gasteiger partial charge in [-0.3, -0.25) is 0 Å². The lowest BCUT2D eigenvalue weighted by atomic mass is 9.68. The topological polar surface area (TPSA) is 0 Å². The van der Waals surface area contributed by atoms with E-state index in [-0.39, 0.29) is 11.5 Å². The number of rotatable bonds is 5. The van der Waals surface area contributed by atoms with Gasteiger partial charge in [-0.1, -0.05) is 51.6 Å². The molecule has 0 saturated heterocycles. The first-order chi connectivity index (χ1) is 13.3. The number of benzene rings is 1. The molecule has 2 fully saturated rings. The van der Waals surface area contributed by atoms with Gasteiger partial charge in [-0.05, 0) is 79.7 Å². The van der Waals surface area contributed by atoms with Crippen molar-refractivity contribution in [1.82, 2.24) is 0 Å². The van der Waals surface area contributed by atoms with Crippen molar-refractivity contribution >= 4 is 0 Å². The fraction of sp³-hybridized carbons (Fsp3) is 0.739. The minimum Gasteiger partial charge on any atom is -0.203 e. The van der Waals surface area contributed by atoms with Crippen LogP contribution in [0.5, 0.6) is 0 Å². The van der Waals surface area contributed by atoms with E-state index in [0.29, 0.717) is 5.56 Å². The Bertz CT molecular complexity index is 640. The van der Waals surface area contributed by atoms with Gasteiger partial charge in [0.2, 0.25) is 0 Å². The second kappa shape index (κ2) is 8.64. The van der Waals surface area contributed by atoms with E-state index in [1.165, 1.54) is 44.6 Å². The Morgan fingerprint density at radius 3 is 2.16 bits per heavy atom. The van der Waals surface area contributed by atoms with Gasteiger partial charge in [0.05, 0.1) is 0 Å². The molecule has 140 valence electrons. The van der Waals surface area contributed by atoms with Gasteiger partial charge in [0, 0.05) is 4.11 Å². The molecule has 0 unspecified atom stereocenters. The molecule has 2 heteroatoms. The number of hydrogen-bond donors (Lipinski definition) is 0. The summed E-state index contributed by atoms with van der Waals surface area (Å²) in [5.74, 6) is 0.737. The highest BCUT2D eigenvalue weighted by Crippen LogP contribution is 2.45. The van der Waals surface area contributed by atoms with Crippen molar-refractivity contribution in [2.24, 2.45) is 17.8 Å². The molecular formula is C23H34F2. The van der Waals surface area contributed by atoms with Crippen molar-refractivity contribution in [1.29, 1.82) is 0 Å². The van der Waals surface area contributed by atoms with Crippen LogP contribution in [0.3, 0.4) is 0 Å². The average Bonchev–Trinajstić information content (AvgIpc) is 2.66. The third-order valence-electron chi connectivity index (χ3n) is 6.85. The van der Waals surface area contributed by atoms with Crippen LogP contribution in [-0.2, 0) is 6.42 Å². The quantitative estimate of drug-likeness (QED) is 0.518. The maximum absolute atomic E-state index is 14.6. The Morgan fingerprint density at radius 2 is 1.56 bits per heavy atom. The fourth-order valence-electron chi connectivity index (χ4n) is 5.31. The summed E-state index contributed by atoms with van der Waals surface area (Å²) < 4.78 is 50.9. The van der Waals surface area contributed by atoms with Gasteiger partial charge in [-0.25, -0.2) is 8.78 Å². The SMILES string of the molecule is [2H]C([2H])([2H])Cc1ccc(C2CCC(C3CCC(CCC)CC3)CC2)c(F)c1F. The van der Waals surface area contributed by atoms with E-state index in [4.69, 9.17) is 4.11 Å². The first-order valence-corrected chi connectivity index (χ1v) is 10.2. The first kappa shape index (κ1) is 15.2. The molecule has 0 atom stereocenters. The summed E-state index contributed by atoms with van der Waals surface area (Å²) in [6.07, 6.45) is 11.7. The van der Waals surface area contributed by atoms with Crippen molar-refractivity contribution in [3.05, 3.63) is 34.9 Å². The summed E-state index contributed by atoms with van der Waals surface area (Å²) >= 11 is 0.